The van der Waals surface area contributed by atoms with E-state index in [0.29, 0.717) is 23.6 Å². The zero-order valence-corrected chi connectivity index (χ0v) is 11.9. The molecule has 4 heterocycles. The van der Waals surface area contributed by atoms with Crippen molar-refractivity contribution in [2.75, 3.05) is 39.3 Å². The van der Waals surface area contributed by atoms with E-state index in [2.05, 4.69) is 25.3 Å². The highest BCUT2D eigenvalue weighted by Gasteiger charge is 2.33. The first-order valence-electron chi connectivity index (χ1n) is 7.42. The summed E-state index contributed by atoms with van der Waals surface area (Å²) in [5, 5.41) is 11.5. The number of nitrogens with one attached hydrogen (secondary N) is 1. The van der Waals surface area contributed by atoms with Crippen LogP contribution in [-0.4, -0.2) is 65.3 Å². The van der Waals surface area contributed by atoms with Gasteiger partial charge in [-0.2, -0.15) is 0 Å². The molecule has 7 nitrogen and oxygen atoms in total. The Balaban J connectivity index is 1.30. The van der Waals surface area contributed by atoms with Gasteiger partial charge in [0.05, 0.1) is 12.8 Å². The van der Waals surface area contributed by atoms with E-state index in [4.69, 9.17) is 8.83 Å². The minimum atomic E-state index is 0.453. The first-order chi connectivity index (χ1) is 10.4. The minimum Gasteiger partial charge on any atom is -0.459 e. The molecular weight excluding hydrogens is 270 g/mol. The summed E-state index contributed by atoms with van der Waals surface area (Å²) in [5.74, 6) is 1.73. The van der Waals surface area contributed by atoms with Gasteiger partial charge in [0, 0.05) is 45.3 Å². The fraction of sp³-hybridized carbons (Fsp3) is 0.571. The van der Waals surface area contributed by atoms with Gasteiger partial charge in [-0.15, -0.1) is 10.2 Å². The normalized spacial score (nSPS) is 21.5. The van der Waals surface area contributed by atoms with E-state index in [1.165, 1.54) is 0 Å². The van der Waals surface area contributed by atoms with Gasteiger partial charge in [-0.25, -0.2) is 0 Å². The molecule has 0 aromatic carbocycles. The second kappa shape index (κ2) is 5.59. The Labute approximate surface area is 122 Å². The minimum absolute atomic E-state index is 0.453. The third-order valence-electron chi connectivity index (χ3n) is 4.16. The van der Waals surface area contributed by atoms with Crippen LogP contribution in [0.4, 0.5) is 0 Å². The number of likely N-dealkylation sites (tertiary alicyclic amines) is 1. The van der Waals surface area contributed by atoms with Gasteiger partial charge in [0.15, 0.2) is 5.76 Å². The van der Waals surface area contributed by atoms with Gasteiger partial charge in [-0.3, -0.25) is 9.80 Å². The number of nitrogens with zero attached hydrogens (tertiary/aromatic N) is 4. The van der Waals surface area contributed by atoms with Crippen LogP contribution in [0.15, 0.2) is 27.2 Å². The number of rotatable bonds is 4. The van der Waals surface area contributed by atoms with Crippen molar-refractivity contribution in [3.05, 3.63) is 24.3 Å². The lowest BCUT2D eigenvalue weighted by Crippen LogP contribution is -2.62. The molecule has 21 heavy (non-hydrogen) atoms. The van der Waals surface area contributed by atoms with Crippen molar-refractivity contribution < 1.29 is 8.83 Å². The predicted octanol–water partition coefficient (Wildman–Crippen LogP) is 0.419. The van der Waals surface area contributed by atoms with Crippen LogP contribution in [0.5, 0.6) is 0 Å². The molecule has 0 bridgehead atoms. The first-order valence-corrected chi connectivity index (χ1v) is 7.42. The maximum absolute atomic E-state index is 5.63. The molecule has 0 unspecified atom stereocenters. The van der Waals surface area contributed by atoms with Crippen molar-refractivity contribution in [3.63, 3.8) is 0 Å². The van der Waals surface area contributed by atoms with Gasteiger partial charge in [0.1, 0.15) is 0 Å². The van der Waals surface area contributed by atoms with E-state index >= 15 is 0 Å². The molecule has 2 aromatic heterocycles. The molecule has 4 rings (SSSR count). The summed E-state index contributed by atoms with van der Waals surface area (Å²) < 4.78 is 10.9. The lowest BCUT2D eigenvalue weighted by atomic mass is 10.1. The van der Waals surface area contributed by atoms with Crippen LogP contribution in [-0.2, 0) is 6.54 Å². The fourth-order valence-corrected chi connectivity index (χ4v) is 2.96. The lowest BCUT2D eigenvalue weighted by molar-refractivity contribution is 0.0176. The number of hydrogen-bond acceptors (Lipinski definition) is 7. The molecule has 7 heteroatoms. The number of hydrogen-bond donors (Lipinski definition) is 1. The molecule has 0 saturated carbocycles. The third-order valence-corrected chi connectivity index (χ3v) is 4.16. The van der Waals surface area contributed by atoms with Crippen LogP contribution < -0.4 is 5.32 Å². The van der Waals surface area contributed by atoms with Crippen molar-refractivity contribution in [1.82, 2.24) is 25.3 Å². The van der Waals surface area contributed by atoms with Crippen LogP contribution in [0.1, 0.15) is 5.89 Å². The van der Waals surface area contributed by atoms with Gasteiger partial charge < -0.3 is 14.2 Å². The Morgan fingerprint density at radius 3 is 2.86 bits per heavy atom. The first kappa shape index (κ1) is 13.0. The van der Waals surface area contributed by atoms with E-state index < -0.39 is 0 Å². The van der Waals surface area contributed by atoms with Gasteiger partial charge >= 0.3 is 0 Å². The van der Waals surface area contributed by atoms with Crippen molar-refractivity contribution >= 4 is 0 Å². The highest BCUT2D eigenvalue weighted by molar-refractivity contribution is 5.42. The molecule has 0 spiro atoms. The molecule has 2 fully saturated rings. The van der Waals surface area contributed by atoms with E-state index in [-0.39, 0.29) is 0 Å². The fourth-order valence-electron chi connectivity index (χ4n) is 2.96. The van der Waals surface area contributed by atoms with Gasteiger partial charge in [-0.1, -0.05) is 0 Å². The van der Waals surface area contributed by atoms with Crippen molar-refractivity contribution in [2.24, 2.45) is 0 Å². The largest absolute Gasteiger partial charge is 0.459 e. The zero-order chi connectivity index (χ0) is 14.1. The van der Waals surface area contributed by atoms with E-state index in [9.17, 15) is 0 Å². The van der Waals surface area contributed by atoms with Crippen molar-refractivity contribution in [2.45, 2.75) is 12.6 Å². The second-order valence-electron chi connectivity index (χ2n) is 5.61. The standard InChI is InChI=1S/C14H19N5O2/c1-2-12(20-7-1)14-17-16-13(21-14)10-18-8-11(9-18)19-5-3-15-4-6-19/h1-2,7,11,15H,3-6,8-10H2. The summed E-state index contributed by atoms with van der Waals surface area (Å²) in [6.45, 7) is 7.40. The van der Waals surface area contributed by atoms with Gasteiger partial charge in [0.25, 0.3) is 5.89 Å². The van der Waals surface area contributed by atoms with E-state index in [1.807, 2.05) is 12.1 Å². The smallest absolute Gasteiger partial charge is 0.283 e. The monoisotopic (exact) mass is 289 g/mol. The number of aromatic nitrogens is 2. The van der Waals surface area contributed by atoms with Crippen LogP contribution in [0.3, 0.4) is 0 Å². The zero-order valence-electron chi connectivity index (χ0n) is 11.9. The van der Waals surface area contributed by atoms with Gasteiger partial charge in [0.2, 0.25) is 5.89 Å². The Morgan fingerprint density at radius 2 is 2.10 bits per heavy atom. The summed E-state index contributed by atoms with van der Waals surface area (Å²) in [5.41, 5.74) is 0. The number of piperazine rings is 1. The van der Waals surface area contributed by atoms with Crippen LogP contribution in [0.25, 0.3) is 11.7 Å². The van der Waals surface area contributed by atoms with Crippen molar-refractivity contribution in [1.29, 1.82) is 0 Å². The Bertz CT molecular complexity index is 570. The molecule has 0 aliphatic carbocycles. The summed E-state index contributed by atoms with van der Waals surface area (Å²) in [7, 11) is 0. The lowest BCUT2D eigenvalue weighted by Gasteiger charge is -2.46. The molecule has 2 saturated heterocycles. The van der Waals surface area contributed by atoms with E-state index in [0.717, 1.165) is 45.8 Å². The molecule has 1 N–H and O–H groups in total. The Hall–Kier alpha value is -1.70. The quantitative estimate of drug-likeness (QED) is 0.874. The average Bonchev–Trinajstić information content (AvgIpc) is 3.14. The third kappa shape index (κ3) is 2.72. The van der Waals surface area contributed by atoms with Gasteiger partial charge in [-0.05, 0) is 12.1 Å². The predicted molar refractivity (Wildman–Crippen MR) is 75.5 cm³/mol. The highest BCUT2D eigenvalue weighted by atomic mass is 16.4. The molecular formula is C14H19N5O2. The molecule has 0 atom stereocenters. The number of furan rings is 1. The summed E-state index contributed by atoms with van der Waals surface area (Å²) in [6.07, 6.45) is 1.60. The second-order valence-corrected chi connectivity index (χ2v) is 5.61. The molecule has 2 aliphatic rings. The summed E-state index contributed by atoms with van der Waals surface area (Å²) >= 11 is 0. The average molecular weight is 289 g/mol. The topological polar surface area (TPSA) is 70.6 Å². The Morgan fingerprint density at radius 1 is 1.24 bits per heavy atom. The molecule has 0 amide bonds. The maximum Gasteiger partial charge on any atom is 0.283 e. The van der Waals surface area contributed by atoms with Crippen LogP contribution in [0.2, 0.25) is 0 Å². The summed E-state index contributed by atoms with van der Waals surface area (Å²) in [4.78, 5) is 4.90. The van der Waals surface area contributed by atoms with Crippen molar-refractivity contribution in [3.8, 4) is 11.7 Å². The SMILES string of the molecule is c1coc(-c2nnc(CN3CC(N4CCNCC4)C3)o2)c1. The van der Waals surface area contributed by atoms with Crippen LogP contribution in [0, 0.1) is 0 Å². The maximum atomic E-state index is 5.63. The molecule has 0 radical (unpaired) electrons. The highest BCUT2D eigenvalue weighted by Crippen LogP contribution is 2.21. The molecule has 112 valence electrons. The van der Waals surface area contributed by atoms with E-state index in [1.54, 1.807) is 6.26 Å². The summed E-state index contributed by atoms with van der Waals surface area (Å²) in [6, 6.07) is 4.31. The molecule has 2 aliphatic heterocycles. The van der Waals surface area contributed by atoms with Crippen LogP contribution >= 0.6 is 0 Å². The Kier molecular flexibility index (Phi) is 3.46. The molecule has 2 aromatic rings.